The minimum atomic E-state index is -0.483. The van der Waals surface area contributed by atoms with E-state index in [0.717, 1.165) is 29.9 Å². The Morgan fingerprint density at radius 1 is 1.26 bits per heavy atom. The van der Waals surface area contributed by atoms with Crippen LogP contribution in [0, 0.1) is 0 Å². The molecule has 0 unspecified atom stereocenters. The Labute approximate surface area is 156 Å². The zero-order valence-electron chi connectivity index (χ0n) is 15.3. The molecule has 27 heavy (non-hydrogen) atoms. The minimum Gasteiger partial charge on any atom is -0.382 e. The van der Waals surface area contributed by atoms with E-state index in [9.17, 15) is 9.59 Å². The molecule has 0 bridgehead atoms. The van der Waals surface area contributed by atoms with Gasteiger partial charge in [0.2, 0.25) is 6.10 Å². The summed E-state index contributed by atoms with van der Waals surface area (Å²) < 4.78 is 1.70. The Morgan fingerprint density at radius 2 is 2.00 bits per heavy atom. The SMILES string of the molecule is CC1=NO[C@@H](C(=O)N2CCC(c3n[nH]c(=O)n3Cc3ccccc3)CC2)C1. The molecule has 2 aliphatic rings. The number of amides is 1. The lowest BCUT2D eigenvalue weighted by atomic mass is 9.95. The molecule has 1 fully saturated rings. The van der Waals surface area contributed by atoms with E-state index in [2.05, 4.69) is 15.4 Å². The lowest BCUT2D eigenvalue weighted by molar-refractivity contribution is -0.143. The number of nitrogens with one attached hydrogen (secondary N) is 1. The highest BCUT2D eigenvalue weighted by molar-refractivity contribution is 5.91. The van der Waals surface area contributed by atoms with Crippen LogP contribution in [0.5, 0.6) is 0 Å². The second-order valence-electron chi connectivity index (χ2n) is 7.18. The molecule has 2 aliphatic heterocycles. The van der Waals surface area contributed by atoms with Crippen molar-refractivity contribution in [1.82, 2.24) is 19.7 Å². The molecule has 1 aromatic heterocycles. The van der Waals surface area contributed by atoms with Crippen LogP contribution >= 0.6 is 0 Å². The molecule has 2 aromatic rings. The zero-order chi connectivity index (χ0) is 18.8. The van der Waals surface area contributed by atoms with E-state index in [4.69, 9.17) is 4.84 Å². The highest BCUT2D eigenvalue weighted by Crippen LogP contribution is 2.27. The molecule has 8 nitrogen and oxygen atoms in total. The topological polar surface area (TPSA) is 92.6 Å². The van der Waals surface area contributed by atoms with Crippen LogP contribution < -0.4 is 5.69 Å². The van der Waals surface area contributed by atoms with Gasteiger partial charge in [-0.2, -0.15) is 5.10 Å². The summed E-state index contributed by atoms with van der Waals surface area (Å²) in [6.45, 7) is 3.63. The van der Waals surface area contributed by atoms with Crippen molar-refractivity contribution in [2.45, 2.75) is 44.8 Å². The molecule has 4 rings (SSSR count). The predicted molar refractivity (Wildman–Crippen MR) is 99.5 cm³/mol. The van der Waals surface area contributed by atoms with Gasteiger partial charge < -0.3 is 9.74 Å². The third-order valence-corrected chi connectivity index (χ3v) is 5.24. The maximum Gasteiger partial charge on any atom is 0.343 e. The molecule has 0 saturated carbocycles. The number of carbonyl (C=O) groups is 1. The van der Waals surface area contributed by atoms with Gasteiger partial charge in [0.1, 0.15) is 5.82 Å². The van der Waals surface area contributed by atoms with Crippen LogP contribution in [-0.2, 0) is 16.2 Å². The Kier molecular flexibility index (Phi) is 4.79. The van der Waals surface area contributed by atoms with Crippen molar-refractivity contribution in [3.8, 4) is 0 Å². The van der Waals surface area contributed by atoms with Gasteiger partial charge in [-0.3, -0.25) is 9.36 Å². The van der Waals surface area contributed by atoms with Crippen LogP contribution in [0.25, 0.3) is 0 Å². The summed E-state index contributed by atoms with van der Waals surface area (Å²) in [7, 11) is 0. The highest BCUT2D eigenvalue weighted by Gasteiger charge is 2.34. The van der Waals surface area contributed by atoms with Crippen LogP contribution in [0.4, 0.5) is 0 Å². The average Bonchev–Trinajstić information content (AvgIpc) is 3.29. The Bertz CT molecular complexity index is 894. The molecular weight excluding hydrogens is 346 g/mol. The van der Waals surface area contributed by atoms with Gasteiger partial charge in [0.05, 0.1) is 12.3 Å². The fourth-order valence-electron chi connectivity index (χ4n) is 3.75. The molecule has 0 radical (unpaired) electrons. The van der Waals surface area contributed by atoms with Gasteiger partial charge in [-0.1, -0.05) is 35.5 Å². The summed E-state index contributed by atoms with van der Waals surface area (Å²) in [5, 5.41) is 10.7. The van der Waals surface area contributed by atoms with Crippen molar-refractivity contribution in [2.75, 3.05) is 13.1 Å². The number of nitrogens with zero attached hydrogens (tertiary/aromatic N) is 4. The molecule has 1 saturated heterocycles. The van der Waals surface area contributed by atoms with Crippen LogP contribution in [-0.4, -0.2) is 50.5 Å². The monoisotopic (exact) mass is 369 g/mol. The van der Waals surface area contributed by atoms with Gasteiger partial charge in [0, 0.05) is 25.4 Å². The summed E-state index contributed by atoms with van der Waals surface area (Å²) in [5.41, 5.74) is 1.72. The van der Waals surface area contributed by atoms with Crippen LogP contribution in [0.3, 0.4) is 0 Å². The van der Waals surface area contributed by atoms with Crippen molar-refractivity contribution in [2.24, 2.45) is 5.16 Å². The summed E-state index contributed by atoms with van der Waals surface area (Å²) in [4.78, 5) is 31.8. The van der Waals surface area contributed by atoms with Crippen LogP contribution in [0.2, 0.25) is 0 Å². The number of hydrogen-bond acceptors (Lipinski definition) is 5. The van der Waals surface area contributed by atoms with Crippen molar-refractivity contribution in [1.29, 1.82) is 0 Å². The second kappa shape index (κ2) is 7.38. The molecule has 1 atom stereocenters. The number of hydrogen-bond donors (Lipinski definition) is 1. The molecule has 0 spiro atoms. The molecule has 1 N–H and O–H groups in total. The standard InChI is InChI=1S/C19H23N5O3/c1-13-11-16(27-22-13)18(25)23-9-7-15(8-10-23)17-20-21-19(26)24(17)12-14-5-3-2-4-6-14/h2-6,15-16H,7-12H2,1H3,(H,21,26)/t16-/m1/s1. The highest BCUT2D eigenvalue weighted by atomic mass is 16.6. The lowest BCUT2D eigenvalue weighted by Crippen LogP contribution is -2.44. The fourth-order valence-corrected chi connectivity index (χ4v) is 3.75. The number of carbonyl (C=O) groups excluding carboxylic acids is 1. The Hall–Kier alpha value is -2.90. The van der Waals surface area contributed by atoms with Gasteiger partial charge in [-0.05, 0) is 25.3 Å². The lowest BCUT2D eigenvalue weighted by Gasteiger charge is -2.32. The number of benzene rings is 1. The average molecular weight is 369 g/mol. The van der Waals surface area contributed by atoms with E-state index in [1.54, 1.807) is 4.57 Å². The summed E-state index contributed by atoms with van der Waals surface area (Å²) in [6.07, 6.45) is 1.63. The first-order valence-electron chi connectivity index (χ1n) is 9.29. The van der Waals surface area contributed by atoms with Gasteiger partial charge in [0.15, 0.2) is 0 Å². The summed E-state index contributed by atoms with van der Waals surface area (Å²) >= 11 is 0. The first kappa shape index (κ1) is 17.5. The maximum absolute atomic E-state index is 12.6. The number of rotatable bonds is 4. The second-order valence-corrected chi connectivity index (χ2v) is 7.18. The molecule has 1 amide bonds. The first-order chi connectivity index (χ1) is 13.1. The first-order valence-corrected chi connectivity index (χ1v) is 9.29. The number of H-pyrrole nitrogens is 1. The number of oxime groups is 1. The van der Waals surface area contributed by atoms with Crippen molar-refractivity contribution in [3.63, 3.8) is 0 Å². The van der Waals surface area contributed by atoms with E-state index in [1.165, 1.54) is 0 Å². The normalized spacial score (nSPS) is 20.4. The van der Waals surface area contributed by atoms with Gasteiger partial charge in [-0.15, -0.1) is 0 Å². The number of aromatic nitrogens is 3. The van der Waals surface area contributed by atoms with Crippen molar-refractivity contribution < 1.29 is 9.63 Å². The molecule has 3 heterocycles. The Morgan fingerprint density at radius 3 is 2.67 bits per heavy atom. The van der Waals surface area contributed by atoms with Crippen molar-refractivity contribution >= 4 is 11.6 Å². The quantitative estimate of drug-likeness (QED) is 0.884. The van der Waals surface area contributed by atoms with E-state index >= 15 is 0 Å². The van der Waals surface area contributed by atoms with E-state index < -0.39 is 6.10 Å². The van der Waals surface area contributed by atoms with E-state index in [1.807, 2.05) is 42.2 Å². The van der Waals surface area contributed by atoms with Gasteiger partial charge in [-0.25, -0.2) is 9.89 Å². The van der Waals surface area contributed by atoms with Crippen molar-refractivity contribution in [3.05, 3.63) is 52.2 Å². The van der Waals surface area contributed by atoms with E-state index in [-0.39, 0.29) is 17.5 Å². The maximum atomic E-state index is 12.6. The third-order valence-electron chi connectivity index (χ3n) is 5.24. The molecule has 142 valence electrons. The number of aromatic amines is 1. The fraction of sp³-hybridized carbons (Fsp3) is 0.474. The Balaban J connectivity index is 1.41. The molecular formula is C19H23N5O3. The van der Waals surface area contributed by atoms with Crippen LogP contribution in [0.15, 0.2) is 40.3 Å². The third kappa shape index (κ3) is 3.65. The number of piperidine rings is 1. The zero-order valence-corrected chi connectivity index (χ0v) is 15.3. The van der Waals surface area contributed by atoms with E-state index in [0.29, 0.717) is 26.1 Å². The smallest absolute Gasteiger partial charge is 0.343 e. The van der Waals surface area contributed by atoms with Crippen LogP contribution in [0.1, 0.15) is 43.5 Å². The molecule has 1 aromatic carbocycles. The molecule has 0 aliphatic carbocycles. The predicted octanol–water partition coefficient (Wildman–Crippen LogP) is 1.49. The number of likely N-dealkylation sites (tertiary alicyclic amines) is 1. The molecule has 8 heteroatoms. The summed E-state index contributed by atoms with van der Waals surface area (Å²) in [5.74, 6) is 0.921. The summed E-state index contributed by atoms with van der Waals surface area (Å²) in [6, 6.07) is 9.86. The van der Waals surface area contributed by atoms with Gasteiger partial charge in [0.25, 0.3) is 5.91 Å². The minimum absolute atomic E-state index is 0.00208. The largest absolute Gasteiger partial charge is 0.382 e. The van der Waals surface area contributed by atoms with Gasteiger partial charge >= 0.3 is 5.69 Å².